The average molecular weight is 213 g/mol. The summed E-state index contributed by atoms with van der Waals surface area (Å²) in [6.45, 7) is 4.37. The Morgan fingerprint density at radius 2 is 2.00 bits per heavy atom. The molecule has 0 aliphatic rings. The minimum Gasteiger partial charge on any atom is -0.462 e. The first-order valence-electron chi connectivity index (χ1n) is 5.33. The van der Waals surface area contributed by atoms with Gasteiger partial charge in [0.25, 0.3) is 0 Å². The van der Waals surface area contributed by atoms with Gasteiger partial charge < -0.3 is 10.1 Å². The van der Waals surface area contributed by atoms with Crippen LogP contribution in [0.5, 0.6) is 0 Å². The second-order valence-electron chi connectivity index (χ2n) is 3.17. The highest BCUT2D eigenvalue weighted by Crippen LogP contribution is 1.90. The Morgan fingerprint density at radius 3 is 2.60 bits per heavy atom. The number of amides is 1. The summed E-state index contributed by atoms with van der Waals surface area (Å²) in [5.41, 5.74) is 0. The molecule has 0 atom stereocenters. The molecular formula is C11H19NO3. The summed E-state index contributed by atoms with van der Waals surface area (Å²) in [5, 5.41) is 2.48. The van der Waals surface area contributed by atoms with Crippen molar-refractivity contribution in [3.63, 3.8) is 0 Å². The van der Waals surface area contributed by atoms with Crippen LogP contribution in [0.15, 0.2) is 12.3 Å². The Balaban J connectivity index is 3.58. The van der Waals surface area contributed by atoms with Gasteiger partial charge in [-0.3, -0.25) is 4.79 Å². The predicted molar refractivity (Wildman–Crippen MR) is 58.1 cm³/mol. The van der Waals surface area contributed by atoms with Gasteiger partial charge in [-0.1, -0.05) is 20.3 Å². The van der Waals surface area contributed by atoms with Gasteiger partial charge in [0.2, 0.25) is 5.91 Å². The van der Waals surface area contributed by atoms with E-state index in [0.717, 1.165) is 19.3 Å². The first-order chi connectivity index (χ1) is 7.20. The number of esters is 1. The summed E-state index contributed by atoms with van der Waals surface area (Å²) in [4.78, 5) is 22.0. The Labute approximate surface area is 90.7 Å². The molecular weight excluding hydrogens is 194 g/mol. The highest BCUT2D eigenvalue weighted by molar-refractivity contribution is 5.83. The van der Waals surface area contributed by atoms with E-state index in [1.54, 1.807) is 0 Å². The molecule has 0 rings (SSSR count). The minimum atomic E-state index is -0.416. The van der Waals surface area contributed by atoms with Crippen molar-refractivity contribution >= 4 is 11.9 Å². The fraction of sp³-hybridized carbons (Fsp3) is 0.636. The van der Waals surface area contributed by atoms with Crippen LogP contribution in [0.25, 0.3) is 0 Å². The monoisotopic (exact) mass is 213 g/mol. The maximum atomic E-state index is 11.0. The standard InChI is InChI=1S/C11H19NO3/c1-3-5-9-15-11(14)7-8-12-10(13)6-4-2/h7-8H,3-6,9H2,1-2H3,(H,12,13)/b8-7-. The van der Waals surface area contributed by atoms with Crippen LogP contribution in [-0.2, 0) is 14.3 Å². The summed E-state index contributed by atoms with van der Waals surface area (Å²) in [6.07, 6.45) is 5.66. The van der Waals surface area contributed by atoms with Crippen molar-refractivity contribution in [3.05, 3.63) is 12.3 Å². The largest absolute Gasteiger partial charge is 0.462 e. The molecule has 86 valence electrons. The minimum absolute atomic E-state index is 0.0879. The first-order valence-corrected chi connectivity index (χ1v) is 5.33. The summed E-state index contributed by atoms with van der Waals surface area (Å²) < 4.78 is 4.85. The number of carbonyl (C=O) groups is 2. The Hall–Kier alpha value is -1.32. The molecule has 0 saturated carbocycles. The van der Waals surface area contributed by atoms with Crippen molar-refractivity contribution in [2.24, 2.45) is 0 Å². The molecule has 0 bridgehead atoms. The van der Waals surface area contributed by atoms with Crippen LogP contribution in [0.3, 0.4) is 0 Å². The average Bonchev–Trinajstić information content (AvgIpc) is 2.18. The first kappa shape index (κ1) is 13.7. The molecule has 4 heteroatoms. The smallest absolute Gasteiger partial charge is 0.332 e. The number of hydrogen-bond acceptors (Lipinski definition) is 3. The topological polar surface area (TPSA) is 55.4 Å². The normalized spacial score (nSPS) is 10.3. The van der Waals surface area contributed by atoms with Gasteiger partial charge >= 0.3 is 5.97 Å². The zero-order chi connectivity index (χ0) is 11.5. The zero-order valence-corrected chi connectivity index (χ0v) is 9.41. The van der Waals surface area contributed by atoms with Gasteiger partial charge in [0.05, 0.1) is 6.61 Å². The third-order valence-electron chi connectivity index (χ3n) is 1.68. The van der Waals surface area contributed by atoms with Crippen molar-refractivity contribution in [1.29, 1.82) is 0 Å². The van der Waals surface area contributed by atoms with Crippen molar-refractivity contribution < 1.29 is 14.3 Å². The summed E-state index contributed by atoms with van der Waals surface area (Å²) in [7, 11) is 0. The van der Waals surface area contributed by atoms with Crippen molar-refractivity contribution in [3.8, 4) is 0 Å². The van der Waals surface area contributed by atoms with Crippen LogP contribution >= 0.6 is 0 Å². The fourth-order valence-corrected chi connectivity index (χ4v) is 0.867. The highest BCUT2D eigenvalue weighted by Gasteiger charge is 1.97. The van der Waals surface area contributed by atoms with Gasteiger partial charge in [-0.25, -0.2) is 4.79 Å². The Bertz CT molecular complexity index is 224. The van der Waals surface area contributed by atoms with E-state index in [0.29, 0.717) is 13.0 Å². The van der Waals surface area contributed by atoms with Gasteiger partial charge in [-0.05, 0) is 12.8 Å². The Morgan fingerprint density at radius 1 is 1.27 bits per heavy atom. The lowest BCUT2D eigenvalue weighted by atomic mass is 10.3. The lowest BCUT2D eigenvalue weighted by Gasteiger charge is -1.99. The van der Waals surface area contributed by atoms with Crippen LogP contribution in [-0.4, -0.2) is 18.5 Å². The molecule has 0 unspecified atom stereocenters. The van der Waals surface area contributed by atoms with E-state index in [4.69, 9.17) is 4.74 Å². The van der Waals surface area contributed by atoms with Crippen LogP contribution in [0.4, 0.5) is 0 Å². The zero-order valence-electron chi connectivity index (χ0n) is 9.41. The van der Waals surface area contributed by atoms with Gasteiger partial charge in [-0.2, -0.15) is 0 Å². The van der Waals surface area contributed by atoms with Crippen molar-refractivity contribution in [2.75, 3.05) is 6.61 Å². The van der Waals surface area contributed by atoms with Gasteiger partial charge in [-0.15, -0.1) is 0 Å². The molecule has 0 aliphatic carbocycles. The molecule has 0 fully saturated rings. The molecule has 0 spiro atoms. The van der Waals surface area contributed by atoms with Crippen LogP contribution in [0, 0.1) is 0 Å². The number of rotatable bonds is 7. The SMILES string of the molecule is CCCCOC(=O)/C=C\NC(=O)CCC. The van der Waals surface area contributed by atoms with E-state index in [1.807, 2.05) is 13.8 Å². The fourth-order valence-electron chi connectivity index (χ4n) is 0.867. The molecule has 0 aromatic carbocycles. The van der Waals surface area contributed by atoms with E-state index in [-0.39, 0.29) is 5.91 Å². The van der Waals surface area contributed by atoms with Gasteiger partial charge in [0, 0.05) is 18.7 Å². The van der Waals surface area contributed by atoms with E-state index < -0.39 is 5.97 Å². The molecule has 1 amide bonds. The van der Waals surface area contributed by atoms with E-state index >= 15 is 0 Å². The molecule has 0 heterocycles. The molecule has 0 aromatic heterocycles. The second kappa shape index (κ2) is 9.24. The van der Waals surface area contributed by atoms with Crippen LogP contribution in [0.1, 0.15) is 39.5 Å². The van der Waals surface area contributed by atoms with Crippen LogP contribution < -0.4 is 5.32 Å². The molecule has 4 nitrogen and oxygen atoms in total. The Kier molecular flexibility index (Phi) is 8.43. The molecule has 0 radical (unpaired) electrons. The quantitative estimate of drug-likeness (QED) is 0.398. The number of nitrogens with one attached hydrogen (secondary N) is 1. The molecule has 0 aromatic rings. The number of unbranched alkanes of at least 4 members (excludes halogenated alkanes) is 1. The lowest BCUT2D eigenvalue weighted by Crippen LogP contribution is -2.16. The third-order valence-corrected chi connectivity index (χ3v) is 1.68. The van der Waals surface area contributed by atoms with Crippen molar-refractivity contribution in [2.45, 2.75) is 39.5 Å². The van der Waals surface area contributed by atoms with Gasteiger partial charge in [0.1, 0.15) is 0 Å². The lowest BCUT2D eigenvalue weighted by molar-refractivity contribution is -0.137. The number of hydrogen-bond donors (Lipinski definition) is 1. The number of carbonyl (C=O) groups excluding carboxylic acids is 2. The van der Waals surface area contributed by atoms with E-state index in [9.17, 15) is 9.59 Å². The maximum Gasteiger partial charge on any atom is 0.332 e. The van der Waals surface area contributed by atoms with Crippen molar-refractivity contribution in [1.82, 2.24) is 5.32 Å². The number of ether oxygens (including phenoxy) is 1. The molecule has 15 heavy (non-hydrogen) atoms. The second-order valence-corrected chi connectivity index (χ2v) is 3.17. The molecule has 0 aliphatic heterocycles. The van der Waals surface area contributed by atoms with E-state index in [2.05, 4.69) is 5.32 Å². The third kappa shape index (κ3) is 9.00. The highest BCUT2D eigenvalue weighted by atomic mass is 16.5. The maximum absolute atomic E-state index is 11.0. The van der Waals surface area contributed by atoms with E-state index in [1.165, 1.54) is 12.3 Å². The summed E-state index contributed by atoms with van der Waals surface area (Å²) in [6, 6.07) is 0. The summed E-state index contributed by atoms with van der Waals surface area (Å²) >= 11 is 0. The summed E-state index contributed by atoms with van der Waals surface area (Å²) in [5.74, 6) is -0.504. The molecule has 1 N–H and O–H groups in total. The molecule has 0 saturated heterocycles. The predicted octanol–water partition coefficient (Wildman–Crippen LogP) is 1.76. The van der Waals surface area contributed by atoms with Crippen LogP contribution in [0.2, 0.25) is 0 Å². The van der Waals surface area contributed by atoms with Gasteiger partial charge in [0.15, 0.2) is 0 Å².